The van der Waals surface area contributed by atoms with Crippen molar-refractivity contribution in [3.8, 4) is 10.9 Å². The predicted octanol–water partition coefficient (Wildman–Crippen LogP) is 3.42. The van der Waals surface area contributed by atoms with Crippen LogP contribution in [-0.4, -0.2) is 47.6 Å². The van der Waals surface area contributed by atoms with Crippen molar-refractivity contribution in [1.29, 1.82) is 0 Å². The lowest BCUT2D eigenvalue weighted by Crippen LogP contribution is -2.23. The molecule has 0 fully saturated rings. The quantitative estimate of drug-likeness (QED) is 0.632. The van der Waals surface area contributed by atoms with Gasteiger partial charge in [0, 0.05) is 36.1 Å². The van der Waals surface area contributed by atoms with Crippen LogP contribution >= 0.6 is 11.3 Å². The van der Waals surface area contributed by atoms with Crippen molar-refractivity contribution in [2.45, 2.75) is 20.4 Å². The maximum Gasteiger partial charge on any atom is 0.253 e. The molecule has 0 bridgehead atoms. The van der Waals surface area contributed by atoms with Crippen LogP contribution in [0.2, 0.25) is 0 Å². The molecular formula is C21H26N4O2S. The number of thiazole rings is 1. The van der Waals surface area contributed by atoms with E-state index < -0.39 is 0 Å². The van der Waals surface area contributed by atoms with E-state index in [0.29, 0.717) is 18.7 Å². The Hall–Kier alpha value is -2.64. The lowest BCUT2D eigenvalue weighted by atomic mass is 10.2. The fraction of sp³-hybridized carbons (Fsp3) is 0.333. The van der Waals surface area contributed by atoms with E-state index in [4.69, 9.17) is 4.74 Å². The molecule has 0 saturated carbocycles. The maximum absolute atomic E-state index is 12.7. The molecular weight excluding hydrogens is 372 g/mol. The van der Waals surface area contributed by atoms with Gasteiger partial charge in [0.25, 0.3) is 5.91 Å². The van der Waals surface area contributed by atoms with Crippen LogP contribution in [0, 0.1) is 13.8 Å². The minimum absolute atomic E-state index is 0.0813. The summed E-state index contributed by atoms with van der Waals surface area (Å²) >= 11 is 1.55. The summed E-state index contributed by atoms with van der Waals surface area (Å²) in [4.78, 5) is 19.1. The van der Waals surface area contributed by atoms with Crippen molar-refractivity contribution in [1.82, 2.24) is 19.8 Å². The van der Waals surface area contributed by atoms with Gasteiger partial charge in [0.1, 0.15) is 12.4 Å². The second-order valence-electron chi connectivity index (χ2n) is 6.91. The summed E-state index contributed by atoms with van der Waals surface area (Å²) in [5.41, 5.74) is 3.60. The summed E-state index contributed by atoms with van der Waals surface area (Å²) in [6, 6.07) is 9.74. The molecule has 0 aliphatic carbocycles. The van der Waals surface area contributed by atoms with Gasteiger partial charge in [-0.1, -0.05) is 12.1 Å². The Bertz CT molecular complexity index is 915. The number of nitrogens with zero attached hydrogens (tertiary/aromatic N) is 3. The first-order valence-electron chi connectivity index (χ1n) is 9.19. The lowest BCUT2D eigenvalue weighted by Gasteiger charge is -2.11. The number of ether oxygens (including phenoxy) is 1. The lowest BCUT2D eigenvalue weighted by molar-refractivity contribution is 0.0950. The van der Waals surface area contributed by atoms with E-state index in [1.165, 1.54) is 0 Å². The number of aryl methyl sites for hydroxylation is 1. The molecule has 2 heterocycles. The SMILES string of the molecule is Cc1cc(C(=O)NCc2ccc(OCCN(C)C)cc2)c(C)n1-c1nccs1. The number of hydrogen-bond acceptors (Lipinski definition) is 5. The number of carbonyl (C=O) groups excluding carboxylic acids is 1. The summed E-state index contributed by atoms with van der Waals surface area (Å²) in [6.45, 7) is 5.93. The van der Waals surface area contributed by atoms with Crippen molar-refractivity contribution < 1.29 is 9.53 Å². The number of nitrogens with one attached hydrogen (secondary N) is 1. The average Bonchev–Trinajstić information content (AvgIpc) is 3.28. The first-order chi connectivity index (χ1) is 13.5. The Morgan fingerprint density at radius 1 is 1.25 bits per heavy atom. The van der Waals surface area contributed by atoms with E-state index in [1.807, 2.05) is 68.2 Å². The molecule has 1 aromatic carbocycles. The Morgan fingerprint density at radius 3 is 2.64 bits per heavy atom. The Morgan fingerprint density at radius 2 is 2.00 bits per heavy atom. The monoisotopic (exact) mass is 398 g/mol. The van der Waals surface area contributed by atoms with Crippen LogP contribution in [0.3, 0.4) is 0 Å². The van der Waals surface area contributed by atoms with Crippen LogP contribution in [0.5, 0.6) is 5.75 Å². The Balaban J connectivity index is 1.59. The smallest absolute Gasteiger partial charge is 0.253 e. The first-order valence-corrected chi connectivity index (χ1v) is 10.1. The standard InChI is InChI=1S/C21H26N4O2S/c1-15-13-19(16(2)25(15)21-22-9-12-28-21)20(26)23-14-17-5-7-18(8-6-17)27-11-10-24(3)4/h5-9,12-13H,10-11,14H2,1-4H3,(H,23,26). The fourth-order valence-electron chi connectivity index (χ4n) is 2.94. The molecule has 0 aliphatic heterocycles. The number of hydrogen-bond donors (Lipinski definition) is 1. The molecule has 3 aromatic rings. The van der Waals surface area contributed by atoms with Crippen LogP contribution < -0.4 is 10.1 Å². The van der Waals surface area contributed by atoms with E-state index in [-0.39, 0.29) is 5.91 Å². The van der Waals surface area contributed by atoms with Crippen molar-refractivity contribution in [3.05, 3.63) is 64.4 Å². The Kier molecular flexibility index (Phi) is 6.49. The second kappa shape index (κ2) is 9.03. The molecule has 28 heavy (non-hydrogen) atoms. The molecule has 2 aromatic heterocycles. The molecule has 1 amide bonds. The van der Waals surface area contributed by atoms with Crippen LogP contribution in [0.25, 0.3) is 5.13 Å². The molecule has 0 unspecified atom stereocenters. The number of amides is 1. The van der Waals surface area contributed by atoms with E-state index in [2.05, 4.69) is 15.2 Å². The summed E-state index contributed by atoms with van der Waals surface area (Å²) in [5, 5.41) is 5.81. The van der Waals surface area contributed by atoms with Gasteiger partial charge in [-0.25, -0.2) is 4.98 Å². The third kappa shape index (κ3) is 4.79. The van der Waals surface area contributed by atoms with E-state index in [0.717, 1.165) is 34.4 Å². The molecule has 6 nitrogen and oxygen atoms in total. The van der Waals surface area contributed by atoms with Crippen LogP contribution in [0.15, 0.2) is 41.9 Å². The van der Waals surface area contributed by atoms with Gasteiger partial charge in [0.15, 0.2) is 5.13 Å². The van der Waals surface area contributed by atoms with Crippen LogP contribution in [0.1, 0.15) is 27.3 Å². The van der Waals surface area contributed by atoms with Gasteiger partial charge in [-0.15, -0.1) is 11.3 Å². The minimum atomic E-state index is -0.0813. The van der Waals surface area contributed by atoms with Crippen LogP contribution in [0.4, 0.5) is 0 Å². The zero-order valence-electron chi connectivity index (χ0n) is 16.7. The molecule has 0 saturated heterocycles. The van der Waals surface area contributed by atoms with Crippen molar-refractivity contribution >= 4 is 17.2 Å². The summed E-state index contributed by atoms with van der Waals surface area (Å²) < 4.78 is 7.71. The van der Waals surface area contributed by atoms with E-state index in [1.54, 1.807) is 17.5 Å². The average molecular weight is 399 g/mol. The number of aromatic nitrogens is 2. The van der Waals surface area contributed by atoms with Gasteiger partial charge in [-0.05, 0) is 51.7 Å². The number of benzene rings is 1. The van der Waals surface area contributed by atoms with Gasteiger partial charge in [0.05, 0.1) is 5.56 Å². The summed E-state index contributed by atoms with van der Waals surface area (Å²) in [5.74, 6) is 0.756. The number of likely N-dealkylation sites (N-methyl/N-ethyl adjacent to an activating group) is 1. The number of carbonyl (C=O) groups is 1. The zero-order chi connectivity index (χ0) is 20.1. The topological polar surface area (TPSA) is 59.4 Å². The third-order valence-corrected chi connectivity index (χ3v) is 5.23. The van der Waals surface area contributed by atoms with Crippen LogP contribution in [-0.2, 0) is 6.54 Å². The van der Waals surface area contributed by atoms with Gasteiger partial charge in [-0.2, -0.15) is 0 Å². The third-order valence-electron chi connectivity index (χ3n) is 4.47. The highest BCUT2D eigenvalue weighted by Gasteiger charge is 2.17. The molecule has 148 valence electrons. The molecule has 0 radical (unpaired) electrons. The highest BCUT2D eigenvalue weighted by Crippen LogP contribution is 2.22. The first kappa shape index (κ1) is 20.1. The highest BCUT2D eigenvalue weighted by molar-refractivity contribution is 7.12. The molecule has 0 atom stereocenters. The normalized spacial score (nSPS) is 11.0. The van der Waals surface area contributed by atoms with E-state index in [9.17, 15) is 4.79 Å². The molecule has 0 aliphatic rings. The van der Waals surface area contributed by atoms with Gasteiger partial charge >= 0.3 is 0 Å². The molecule has 0 spiro atoms. The minimum Gasteiger partial charge on any atom is -0.492 e. The van der Waals surface area contributed by atoms with Crippen molar-refractivity contribution in [2.75, 3.05) is 27.2 Å². The molecule has 7 heteroatoms. The largest absolute Gasteiger partial charge is 0.492 e. The van der Waals surface area contributed by atoms with Gasteiger partial charge < -0.3 is 15.0 Å². The Labute approximate surface area is 169 Å². The fourth-order valence-corrected chi connectivity index (χ4v) is 3.69. The summed E-state index contributed by atoms with van der Waals surface area (Å²) in [6.07, 6.45) is 1.77. The summed E-state index contributed by atoms with van der Waals surface area (Å²) in [7, 11) is 4.03. The zero-order valence-corrected chi connectivity index (χ0v) is 17.5. The highest BCUT2D eigenvalue weighted by atomic mass is 32.1. The molecule has 1 N–H and O–H groups in total. The van der Waals surface area contributed by atoms with E-state index >= 15 is 0 Å². The second-order valence-corrected chi connectivity index (χ2v) is 7.79. The predicted molar refractivity (Wildman–Crippen MR) is 113 cm³/mol. The van der Waals surface area contributed by atoms with Gasteiger partial charge in [-0.3, -0.25) is 9.36 Å². The molecule has 3 rings (SSSR count). The van der Waals surface area contributed by atoms with Crippen molar-refractivity contribution in [2.24, 2.45) is 0 Å². The van der Waals surface area contributed by atoms with Crippen molar-refractivity contribution in [3.63, 3.8) is 0 Å². The van der Waals surface area contributed by atoms with Gasteiger partial charge in [0.2, 0.25) is 0 Å². The maximum atomic E-state index is 12.7. The number of rotatable bonds is 8.